The van der Waals surface area contributed by atoms with E-state index in [1.165, 1.54) is 6.07 Å². The highest BCUT2D eigenvalue weighted by atomic mass is 19.4. The predicted octanol–water partition coefficient (Wildman–Crippen LogP) is 4.38. The van der Waals surface area contributed by atoms with E-state index in [1.807, 2.05) is 24.3 Å². The summed E-state index contributed by atoms with van der Waals surface area (Å²) in [7, 11) is 0. The number of nitrogens with one attached hydrogen (secondary N) is 1. The normalized spacial score (nSPS) is 18.5. The number of hydrogen-bond acceptors (Lipinski definition) is 5. The highest BCUT2D eigenvalue weighted by Gasteiger charge is 2.45. The molecule has 0 spiro atoms. The van der Waals surface area contributed by atoms with Crippen molar-refractivity contribution < 1.29 is 27.5 Å². The molecular formula is C21H18F3N3O3. The number of anilines is 1. The third-order valence-corrected chi connectivity index (χ3v) is 4.99. The molecule has 4 rings (SSSR count). The van der Waals surface area contributed by atoms with Crippen LogP contribution in [0.4, 0.5) is 19.0 Å². The zero-order chi connectivity index (χ0) is 21.5. The first-order valence-corrected chi connectivity index (χ1v) is 9.34. The zero-order valence-electron chi connectivity index (χ0n) is 15.9. The molecule has 0 amide bonds. The van der Waals surface area contributed by atoms with Crippen LogP contribution < -0.4 is 5.32 Å². The van der Waals surface area contributed by atoms with E-state index in [0.29, 0.717) is 5.56 Å². The van der Waals surface area contributed by atoms with E-state index in [0.717, 1.165) is 15.5 Å². The number of ether oxygens (including phenoxy) is 1. The second-order valence-corrected chi connectivity index (χ2v) is 7.26. The number of alkyl halides is 3. The fraction of sp³-hybridized carbons (Fsp3) is 0.286. The number of ketones is 1. The van der Waals surface area contributed by atoms with Gasteiger partial charge in [-0.15, -0.1) is 0 Å². The summed E-state index contributed by atoms with van der Waals surface area (Å²) in [6, 6.07) is 11.6. The molecule has 3 aromatic rings. The van der Waals surface area contributed by atoms with Crippen molar-refractivity contribution in [2.24, 2.45) is 0 Å². The summed E-state index contributed by atoms with van der Waals surface area (Å²) < 4.78 is 45.7. The summed E-state index contributed by atoms with van der Waals surface area (Å²) in [4.78, 5) is 24.7. The first-order valence-electron chi connectivity index (χ1n) is 9.34. The van der Waals surface area contributed by atoms with Crippen molar-refractivity contribution in [3.05, 3.63) is 59.8 Å². The van der Waals surface area contributed by atoms with E-state index in [2.05, 4.69) is 10.4 Å². The van der Waals surface area contributed by atoms with Gasteiger partial charge in [0.25, 0.3) is 0 Å². The summed E-state index contributed by atoms with van der Waals surface area (Å²) >= 11 is 0. The van der Waals surface area contributed by atoms with Crippen LogP contribution in [-0.2, 0) is 4.74 Å². The number of nitrogens with zero attached hydrogens (tertiary/aromatic N) is 2. The lowest BCUT2D eigenvalue weighted by Gasteiger charge is -2.31. The van der Waals surface area contributed by atoms with Gasteiger partial charge in [-0.3, -0.25) is 4.79 Å². The van der Waals surface area contributed by atoms with Crippen LogP contribution in [0.5, 0.6) is 0 Å². The maximum Gasteiger partial charge on any atom is 0.410 e. The van der Waals surface area contributed by atoms with Crippen LogP contribution >= 0.6 is 0 Å². The number of rotatable bonds is 4. The lowest BCUT2D eigenvalue weighted by Crippen LogP contribution is -2.37. The van der Waals surface area contributed by atoms with Crippen molar-refractivity contribution in [1.29, 1.82) is 0 Å². The Bertz CT molecular complexity index is 1120. The maximum atomic E-state index is 13.3. The van der Waals surface area contributed by atoms with E-state index < -0.39 is 36.6 Å². The van der Waals surface area contributed by atoms with Gasteiger partial charge in [0.15, 0.2) is 24.1 Å². The molecule has 30 heavy (non-hydrogen) atoms. The Balaban J connectivity index is 1.47. The molecule has 1 aliphatic heterocycles. The molecule has 0 unspecified atom stereocenters. The second-order valence-electron chi connectivity index (χ2n) is 7.26. The van der Waals surface area contributed by atoms with Crippen LogP contribution in [-0.4, -0.2) is 40.4 Å². The van der Waals surface area contributed by atoms with E-state index in [1.54, 1.807) is 25.1 Å². The lowest BCUT2D eigenvalue weighted by molar-refractivity contribution is -0.173. The molecule has 2 aromatic carbocycles. The standard InChI is InChI=1S/C21H18F3N3O3/c1-12-8-18(21(22,23)24)27-19(25-12)10-16(26-27)20(29)30-11-17(28)15-7-6-13-4-2-3-5-14(13)9-15/h2-7,9-10,12,18,25H,8,11H2,1H3/t12-,18+/m0/s1. The quantitative estimate of drug-likeness (QED) is 0.504. The van der Waals surface area contributed by atoms with Gasteiger partial charge in [-0.1, -0.05) is 36.4 Å². The summed E-state index contributed by atoms with van der Waals surface area (Å²) in [5.41, 5.74) is 0.0884. The van der Waals surface area contributed by atoms with Gasteiger partial charge in [-0.25, -0.2) is 9.48 Å². The largest absolute Gasteiger partial charge is 0.453 e. The average molecular weight is 417 g/mol. The number of carbonyl (C=O) groups excluding carboxylic acids is 2. The molecular weight excluding hydrogens is 399 g/mol. The van der Waals surface area contributed by atoms with Crippen LogP contribution in [0.15, 0.2) is 48.5 Å². The fourth-order valence-electron chi connectivity index (χ4n) is 3.51. The molecule has 0 fully saturated rings. The van der Waals surface area contributed by atoms with Crippen LogP contribution in [0.1, 0.15) is 40.2 Å². The summed E-state index contributed by atoms with van der Waals surface area (Å²) in [6.07, 6.45) is -4.70. The molecule has 6 nitrogen and oxygen atoms in total. The molecule has 0 aliphatic carbocycles. The Labute approximate surface area is 169 Å². The van der Waals surface area contributed by atoms with E-state index >= 15 is 0 Å². The number of aromatic nitrogens is 2. The summed E-state index contributed by atoms with van der Waals surface area (Å²) in [5.74, 6) is -1.29. The van der Waals surface area contributed by atoms with Crippen molar-refractivity contribution in [3.63, 3.8) is 0 Å². The molecule has 0 bridgehead atoms. The van der Waals surface area contributed by atoms with Gasteiger partial charge < -0.3 is 10.1 Å². The van der Waals surface area contributed by atoms with Crippen LogP contribution in [0.2, 0.25) is 0 Å². The third-order valence-electron chi connectivity index (χ3n) is 4.99. The lowest BCUT2D eigenvalue weighted by atomic mass is 10.0. The molecule has 2 heterocycles. The smallest absolute Gasteiger partial charge is 0.410 e. The Morgan fingerprint density at radius 1 is 1.17 bits per heavy atom. The topological polar surface area (TPSA) is 73.2 Å². The van der Waals surface area contributed by atoms with Gasteiger partial charge in [0.2, 0.25) is 0 Å². The van der Waals surface area contributed by atoms with Crippen LogP contribution in [0.3, 0.4) is 0 Å². The predicted molar refractivity (Wildman–Crippen MR) is 104 cm³/mol. The van der Waals surface area contributed by atoms with Crippen LogP contribution in [0.25, 0.3) is 10.8 Å². The van der Waals surface area contributed by atoms with Gasteiger partial charge in [0, 0.05) is 17.7 Å². The average Bonchev–Trinajstić information content (AvgIpc) is 3.13. The van der Waals surface area contributed by atoms with Gasteiger partial charge in [0.05, 0.1) is 0 Å². The molecule has 1 aromatic heterocycles. The van der Waals surface area contributed by atoms with Gasteiger partial charge >= 0.3 is 12.1 Å². The summed E-state index contributed by atoms with van der Waals surface area (Å²) in [6.45, 7) is 1.08. The molecule has 0 saturated carbocycles. The highest BCUT2D eigenvalue weighted by molar-refractivity contribution is 6.02. The van der Waals surface area contributed by atoms with Crippen molar-refractivity contribution >= 4 is 28.3 Å². The third kappa shape index (κ3) is 3.87. The number of carbonyl (C=O) groups is 2. The number of Topliss-reactive ketones (excluding diaryl/α,β-unsaturated/α-hetero) is 1. The van der Waals surface area contributed by atoms with E-state index in [9.17, 15) is 22.8 Å². The SMILES string of the molecule is C[C@H]1C[C@H](C(F)(F)F)n2nc(C(=O)OCC(=O)c3ccc4ccccc4c3)cc2N1. The number of benzene rings is 2. The monoisotopic (exact) mass is 417 g/mol. The molecule has 2 atom stereocenters. The Kier molecular flexibility index (Phi) is 4.97. The first-order chi connectivity index (χ1) is 14.2. The number of esters is 1. The van der Waals surface area contributed by atoms with Crippen molar-refractivity contribution in [2.45, 2.75) is 31.6 Å². The molecule has 9 heteroatoms. The van der Waals surface area contributed by atoms with Crippen molar-refractivity contribution in [3.8, 4) is 0 Å². The highest BCUT2D eigenvalue weighted by Crippen LogP contribution is 2.39. The van der Waals surface area contributed by atoms with Gasteiger partial charge in [0.1, 0.15) is 5.82 Å². The Hall–Kier alpha value is -3.36. The Morgan fingerprint density at radius 3 is 2.63 bits per heavy atom. The van der Waals surface area contributed by atoms with Crippen molar-refractivity contribution in [1.82, 2.24) is 9.78 Å². The first kappa shape index (κ1) is 19.9. The minimum atomic E-state index is -4.50. The minimum absolute atomic E-state index is 0.0869. The van der Waals surface area contributed by atoms with E-state index in [-0.39, 0.29) is 17.9 Å². The van der Waals surface area contributed by atoms with Crippen LogP contribution in [0, 0.1) is 0 Å². The molecule has 0 saturated heterocycles. The maximum absolute atomic E-state index is 13.3. The Morgan fingerprint density at radius 2 is 1.90 bits per heavy atom. The minimum Gasteiger partial charge on any atom is -0.453 e. The second kappa shape index (κ2) is 7.47. The molecule has 0 radical (unpaired) electrons. The number of halogens is 3. The van der Waals surface area contributed by atoms with Gasteiger partial charge in [-0.2, -0.15) is 18.3 Å². The fourth-order valence-corrected chi connectivity index (χ4v) is 3.51. The number of fused-ring (bicyclic) bond motifs is 2. The van der Waals surface area contributed by atoms with Crippen molar-refractivity contribution in [2.75, 3.05) is 11.9 Å². The van der Waals surface area contributed by atoms with Gasteiger partial charge in [-0.05, 0) is 30.2 Å². The molecule has 1 N–H and O–H groups in total. The zero-order valence-corrected chi connectivity index (χ0v) is 15.9. The molecule has 156 valence electrons. The number of hydrogen-bond donors (Lipinski definition) is 1. The summed E-state index contributed by atoms with van der Waals surface area (Å²) in [5, 5.41) is 8.48. The van der Waals surface area contributed by atoms with E-state index in [4.69, 9.17) is 4.74 Å². The molecule has 1 aliphatic rings.